The Morgan fingerprint density at radius 2 is 1.90 bits per heavy atom. The quantitative estimate of drug-likeness (QED) is 0.566. The highest BCUT2D eigenvalue weighted by molar-refractivity contribution is 5.80. The lowest BCUT2D eigenvalue weighted by molar-refractivity contribution is -0.150. The smallest absolute Gasteiger partial charge is 0.344 e. The van der Waals surface area contributed by atoms with Gasteiger partial charge in [-0.1, -0.05) is 6.92 Å². The maximum absolute atomic E-state index is 11.3. The van der Waals surface area contributed by atoms with Crippen molar-refractivity contribution in [1.82, 2.24) is 5.32 Å². The summed E-state index contributed by atoms with van der Waals surface area (Å²) in [5, 5.41) is 2.58. The molecule has 0 aromatic heterocycles. The fourth-order valence-corrected chi connectivity index (χ4v) is 1.29. The van der Waals surface area contributed by atoms with Crippen LogP contribution in [0.5, 0.6) is 5.75 Å². The third-order valence-corrected chi connectivity index (χ3v) is 2.31. The van der Waals surface area contributed by atoms with E-state index < -0.39 is 5.97 Å². The molecule has 0 aliphatic carbocycles. The average molecular weight is 279 g/mol. The van der Waals surface area contributed by atoms with Gasteiger partial charge < -0.3 is 14.8 Å². The summed E-state index contributed by atoms with van der Waals surface area (Å²) in [5.41, 5.74) is 0.521. The second-order valence-corrected chi connectivity index (χ2v) is 3.99. The van der Waals surface area contributed by atoms with E-state index in [2.05, 4.69) is 5.32 Å². The number of carbonyl (C=O) groups excluding carboxylic acids is 3. The maximum atomic E-state index is 11.3. The number of nitrogens with one attached hydrogen (secondary N) is 1. The Kier molecular flexibility index (Phi) is 6.81. The molecule has 0 heterocycles. The van der Waals surface area contributed by atoms with Crippen molar-refractivity contribution in [2.24, 2.45) is 0 Å². The highest BCUT2D eigenvalue weighted by atomic mass is 16.6. The van der Waals surface area contributed by atoms with Crippen molar-refractivity contribution >= 4 is 18.2 Å². The molecule has 0 bridgehead atoms. The Balaban J connectivity index is 2.25. The second-order valence-electron chi connectivity index (χ2n) is 3.99. The molecule has 6 nitrogen and oxygen atoms in total. The molecule has 0 saturated carbocycles. The SMILES string of the molecule is CCCNC(=O)COC(=O)COc1ccc(C=O)cc1. The van der Waals surface area contributed by atoms with Gasteiger partial charge in [0.05, 0.1) is 0 Å². The van der Waals surface area contributed by atoms with Gasteiger partial charge in [-0.2, -0.15) is 0 Å². The van der Waals surface area contributed by atoms with E-state index in [4.69, 9.17) is 9.47 Å². The van der Waals surface area contributed by atoms with Crippen LogP contribution in [-0.4, -0.2) is 37.9 Å². The van der Waals surface area contributed by atoms with Crippen LogP contribution in [0.25, 0.3) is 0 Å². The summed E-state index contributed by atoms with van der Waals surface area (Å²) >= 11 is 0. The topological polar surface area (TPSA) is 81.7 Å². The van der Waals surface area contributed by atoms with Crippen molar-refractivity contribution in [2.45, 2.75) is 13.3 Å². The maximum Gasteiger partial charge on any atom is 0.344 e. The van der Waals surface area contributed by atoms with Crippen LogP contribution in [0.15, 0.2) is 24.3 Å². The molecule has 0 aliphatic heterocycles. The number of hydrogen-bond donors (Lipinski definition) is 1. The summed E-state index contributed by atoms with van der Waals surface area (Å²) in [5.74, 6) is -0.519. The van der Waals surface area contributed by atoms with E-state index in [0.717, 1.165) is 6.42 Å². The van der Waals surface area contributed by atoms with E-state index >= 15 is 0 Å². The lowest BCUT2D eigenvalue weighted by atomic mass is 10.2. The van der Waals surface area contributed by atoms with E-state index in [-0.39, 0.29) is 19.1 Å². The van der Waals surface area contributed by atoms with Gasteiger partial charge in [0, 0.05) is 12.1 Å². The van der Waals surface area contributed by atoms with E-state index in [1.54, 1.807) is 24.3 Å². The van der Waals surface area contributed by atoms with Crippen LogP contribution in [0.2, 0.25) is 0 Å². The Labute approximate surface area is 117 Å². The van der Waals surface area contributed by atoms with Crippen molar-refractivity contribution in [2.75, 3.05) is 19.8 Å². The van der Waals surface area contributed by atoms with Crippen LogP contribution >= 0.6 is 0 Å². The van der Waals surface area contributed by atoms with E-state index in [1.165, 1.54) is 0 Å². The first-order valence-corrected chi connectivity index (χ1v) is 6.26. The van der Waals surface area contributed by atoms with Crippen molar-refractivity contribution in [3.05, 3.63) is 29.8 Å². The molecule has 1 amide bonds. The van der Waals surface area contributed by atoms with Crippen LogP contribution in [-0.2, 0) is 14.3 Å². The number of benzene rings is 1. The lowest BCUT2D eigenvalue weighted by Crippen LogP contribution is -2.30. The second kappa shape index (κ2) is 8.68. The van der Waals surface area contributed by atoms with Gasteiger partial charge in [0.1, 0.15) is 12.0 Å². The van der Waals surface area contributed by atoms with Crippen molar-refractivity contribution in [3.8, 4) is 5.75 Å². The molecule has 0 spiro atoms. The largest absolute Gasteiger partial charge is 0.482 e. The number of ether oxygens (including phenoxy) is 2. The molecule has 1 aromatic carbocycles. The zero-order chi connectivity index (χ0) is 14.8. The first kappa shape index (κ1) is 15.7. The molecule has 0 radical (unpaired) electrons. The lowest BCUT2D eigenvalue weighted by Gasteiger charge is -2.07. The fraction of sp³-hybridized carbons (Fsp3) is 0.357. The molecular weight excluding hydrogens is 262 g/mol. The third kappa shape index (κ3) is 5.99. The molecule has 1 rings (SSSR count). The Morgan fingerprint density at radius 1 is 1.20 bits per heavy atom. The standard InChI is InChI=1S/C14H17NO5/c1-2-7-15-13(17)9-20-14(18)10-19-12-5-3-11(8-16)4-6-12/h3-6,8H,2,7,9-10H2,1H3,(H,15,17). The highest BCUT2D eigenvalue weighted by Crippen LogP contribution is 2.10. The minimum Gasteiger partial charge on any atom is -0.482 e. The van der Waals surface area contributed by atoms with E-state index in [1.807, 2.05) is 6.92 Å². The summed E-state index contributed by atoms with van der Waals surface area (Å²) in [6.07, 6.45) is 1.53. The zero-order valence-electron chi connectivity index (χ0n) is 11.3. The average Bonchev–Trinajstić information content (AvgIpc) is 2.49. The molecule has 108 valence electrons. The zero-order valence-corrected chi connectivity index (χ0v) is 11.3. The summed E-state index contributed by atoms with van der Waals surface area (Å²) in [4.78, 5) is 33.0. The predicted octanol–water partition coefficient (Wildman–Crippen LogP) is 0.947. The molecule has 1 aromatic rings. The van der Waals surface area contributed by atoms with Crippen molar-refractivity contribution in [3.63, 3.8) is 0 Å². The van der Waals surface area contributed by atoms with Crippen molar-refractivity contribution in [1.29, 1.82) is 0 Å². The van der Waals surface area contributed by atoms with Gasteiger partial charge in [-0.3, -0.25) is 9.59 Å². The Morgan fingerprint density at radius 3 is 2.50 bits per heavy atom. The normalized spacial score (nSPS) is 9.65. The van der Waals surface area contributed by atoms with Crippen LogP contribution in [0, 0.1) is 0 Å². The first-order valence-electron chi connectivity index (χ1n) is 6.26. The molecule has 0 fully saturated rings. The number of aldehydes is 1. The van der Waals surface area contributed by atoms with Gasteiger partial charge in [-0.05, 0) is 30.7 Å². The molecule has 0 saturated heterocycles. The van der Waals surface area contributed by atoms with Gasteiger partial charge in [0.15, 0.2) is 13.2 Å². The third-order valence-electron chi connectivity index (χ3n) is 2.31. The van der Waals surface area contributed by atoms with Crippen LogP contribution < -0.4 is 10.1 Å². The summed E-state index contributed by atoms with van der Waals surface area (Å²) in [6, 6.07) is 6.30. The number of amides is 1. The van der Waals surface area contributed by atoms with Crippen LogP contribution in [0.3, 0.4) is 0 Å². The predicted molar refractivity (Wildman–Crippen MR) is 71.6 cm³/mol. The molecule has 1 N–H and O–H groups in total. The number of esters is 1. The molecule has 6 heteroatoms. The number of rotatable bonds is 8. The van der Waals surface area contributed by atoms with Gasteiger partial charge in [-0.15, -0.1) is 0 Å². The van der Waals surface area contributed by atoms with Gasteiger partial charge in [0.25, 0.3) is 5.91 Å². The molecule has 0 aliphatic rings. The Hall–Kier alpha value is -2.37. The summed E-state index contributed by atoms with van der Waals surface area (Å²) in [7, 11) is 0. The molecule has 0 unspecified atom stereocenters. The minimum atomic E-state index is -0.629. The molecular formula is C14H17NO5. The monoisotopic (exact) mass is 279 g/mol. The fourth-order valence-electron chi connectivity index (χ4n) is 1.29. The minimum absolute atomic E-state index is 0.290. The first-order chi connectivity index (χ1) is 9.65. The number of carbonyl (C=O) groups is 3. The van der Waals surface area contributed by atoms with E-state index in [9.17, 15) is 14.4 Å². The summed E-state index contributed by atoms with van der Waals surface area (Å²) in [6.45, 7) is 1.87. The van der Waals surface area contributed by atoms with Crippen LogP contribution in [0.1, 0.15) is 23.7 Å². The van der Waals surface area contributed by atoms with Gasteiger partial charge in [-0.25, -0.2) is 4.79 Å². The molecule has 20 heavy (non-hydrogen) atoms. The van der Waals surface area contributed by atoms with Gasteiger partial charge >= 0.3 is 5.97 Å². The van der Waals surface area contributed by atoms with Gasteiger partial charge in [0.2, 0.25) is 0 Å². The number of hydrogen-bond acceptors (Lipinski definition) is 5. The highest BCUT2D eigenvalue weighted by Gasteiger charge is 2.07. The van der Waals surface area contributed by atoms with Crippen molar-refractivity contribution < 1.29 is 23.9 Å². The Bertz CT molecular complexity index is 455. The van der Waals surface area contributed by atoms with E-state index in [0.29, 0.717) is 24.1 Å². The van der Waals surface area contributed by atoms with Crippen LogP contribution in [0.4, 0.5) is 0 Å². The molecule has 0 atom stereocenters. The summed E-state index contributed by atoms with van der Waals surface area (Å²) < 4.78 is 9.89.